The Bertz CT molecular complexity index is 873. The molecule has 8 atom stereocenters. The maximum Gasteiger partial charge on any atom is 0.229 e. The van der Waals surface area contributed by atoms with Gasteiger partial charge in [-0.1, -0.05) is 25.5 Å². The summed E-state index contributed by atoms with van der Waals surface area (Å²) in [7, 11) is 0. The van der Waals surface area contributed by atoms with Crippen molar-refractivity contribution >= 4 is 0 Å². The Morgan fingerprint density at radius 1 is 1.03 bits per heavy atom. The fourth-order valence-corrected chi connectivity index (χ4v) is 5.94. The summed E-state index contributed by atoms with van der Waals surface area (Å²) in [5.41, 5.74) is 5.58. The molecule has 0 aromatic heterocycles. The molecule has 1 aromatic rings. The first-order chi connectivity index (χ1) is 14.6. The van der Waals surface area contributed by atoms with Crippen LogP contribution in [-0.2, 0) is 4.74 Å². The minimum absolute atomic E-state index is 0.120. The molecule has 0 amide bonds. The molecule has 1 fully saturated rings. The van der Waals surface area contributed by atoms with E-state index in [1.807, 2.05) is 6.92 Å². The second-order valence-electron chi connectivity index (χ2n) is 10.1. The first-order valence-electron chi connectivity index (χ1n) is 11.5. The van der Waals surface area contributed by atoms with Crippen LogP contribution in [0.3, 0.4) is 0 Å². The van der Waals surface area contributed by atoms with Gasteiger partial charge in [-0.25, -0.2) is 0 Å². The van der Waals surface area contributed by atoms with Crippen LogP contribution in [-0.4, -0.2) is 51.6 Å². The summed E-state index contributed by atoms with van der Waals surface area (Å²) in [5.74, 6) is 1.84. The van der Waals surface area contributed by atoms with Crippen molar-refractivity contribution < 1.29 is 29.9 Å². The number of ether oxygens (including phenoxy) is 2. The lowest BCUT2D eigenvalue weighted by Gasteiger charge is -2.44. The molecule has 31 heavy (non-hydrogen) atoms. The van der Waals surface area contributed by atoms with Crippen molar-refractivity contribution in [3.05, 3.63) is 33.9 Å². The second kappa shape index (κ2) is 8.39. The van der Waals surface area contributed by atoms with Crippen molar-refractivity contribution in [3.8, 4) is 11.5 Å². The fourth-order valence-electron chi connectivity index (χ4n) is 5.94. The number of aliphatic hydroxyl groups is 3. The number of aliphatic hydroxyl groups excluding tert-OH is 3. The molecule has 2 aliphatic carbocycles. The molecule has 1 saturated heterocycles. The van der Waals surface area contributed by atoms with Gasteiger partial charge in [0.15, 0.2) is 11.5 Å². The second-order valence-corrected chi connectivity index (χ2v) is 10.1. The summed E-state index contributed by atoms with van der Waals surface area (Å²) in [4.78, 5) is 0. The largest absolute Gasteiger partial charge is 0.504 e. The van der Waals surface area contributed by atoms with Gasteiger partial charge in [-0.2, -0.15) is 0 Å². The minimum Gasteiger partial charge on any atom is -0.504 e. The number of rotatable bonds is 3. The zero-order valence-corrected chi connectivity index (χ0v) is 19.1. The lowest BCUT2D eigenvalue weighted by Crippen LogP contribution is -2.54. The summed E-state index contributed by atoms with van der Waals surface area (Å²) in [6.45, 7) is 10.5. The SMILES string of the molecule is CC(C)=C[C@@H]1C[C@H](C)[C@H]2CC[C@H](C)c3c(O)c(OC4OCC(O)C(O)C4O)c(C)c1c32. The third-order valence-corrected chi connectivity index (χ3v) is 7.48. The third kappa shape index (κ3) is 3.78. The number of hydrogen-bond acceptors (Lipinski definition) is 6. The van der Waals surface area contributed by atoms with Crippen molar-refractivity contribution in [3.63, 3.8) is 0 Å². The topological polar surface area (TPSA) is 99.4 Å². The molecule has 0 saturated carbocycles. The van der Waals surface area contributed by atoms with Crippen molar-refractivity contribution in [2.75, 3.05) is 6.61 Å². The van der Waals surface area contributed by atoms with Crippen molar-refractivity contribution in [2.45, 2.75) is 96.2 Å². The van der Waals surface area contributed by atoms with E-state index in [1.54, 1.807) is 0 Å². The van der Waals surface area contributed by atoms with E-state index < -0.39 is 24.6 Å². The quantitative estimate of drug-likeness (QED) is 0.545. The van der Waals surface area contributed by atoms with Gasteiger partial charge in [0.25, 0.3) is 0 Å². The van der Waals surface area contributed by atoms with E-state index in [9.17, 15) is 20.4 Å². The van der Waals surface area contributed by atoms with E-state index in [0.29, 0.717) is 17.6 Å². The van der Waals surface area contributed by atoms with Crippen LogP contribution in [0, 0.1) is 12.8 Å². The van der Waals surface area contributed by atoms with Gasteiger partial charge >= 0.3 is 0 Å². The van der Waals surface area contributed by atoms with E-state index in [1.165, 1.54) is 16.7 Å². The molecular weight excluding hydrogens is 396 g/mol. The molecular formula is C25H36O6. The Labute approximate surface area is 184 Å². The maximum atomic E-state index is 11.3. The number of allylic oxidation sites excluding steroid dienone is 2. The van der Waals surface area contributed by atoms with E-state index in [0.717, 1.165) is 30.4 Å². The average Bonchev–Trinajstić information content (AvgIpc) is 2.69. The minimum atomic E-state index is -1.41. The molecule has 0 radical (unpaired) electrons. The molecule has 1 heterocycles. The van der Waals surface area contributed by atoms with E-state index >= 15 is 0 Å². The van der Waals surface area contributed by atoms with Gasteiger partial charge in [0.2, 0.25) is 6.29 Å². The molecule has 1 aliphatic heterocycles. The van der Waals surface area contributed by atoms with Crippen LogP contribution >= 0.6 is 0 Å². The van der Waals surface area contributed by atoms with E-state index in [4.69, 9.17) is 9.47 Å². The van der Waals surface area contributed by atoms with Crippen LogP contribution in [0.25, 0.3) is 0 Å². The smallest absolute Gasteiger partial charge is 0.229 e. The van der Waals surface area contributed by atoms with E-state index in [-0.39, 0.29) is 24.2 Å². The molecule has 172 valence electrons. The molecule has 0 bridgehead atoms. The lowest BCUT2D eigenvalue weighted by atomic mass is 9.62. The highest BCUT2D eigenvalue weighted by Crippen LogP contribution is 2.58. The molecule has 4 rings (SSSR count). The van der Waals surface area contributed by atoms with Gasteiger partial charge in [-0.3, -0.25) is 0 Å². The first kappa shape index (κ1) is 22.6. The monoisotopic (exact) mass is 432 g/mol. The van der Waals surface area contributed by atoms with Crippen molar-refractivity contribution in [1.82, 2.24) is 0 Å². The number of phenols is 1. The summed E-state index contributed by atoms with van der Waals surface area (Å²) in [6, 6.07) is 0. The van der Waals surface area contributed by atoms with Gasteiger partial charge in [0.1, 0.15) is 18.3 Å². The van der Waals surface area contributed by atoms with Crippen LogP contribution in [0.1, 0.15) is 87.0 Å². The Balaban J connectivity index is 1.85. The number of hydrogen-bond donors (Lipinski definition) is 4. The molecule has 6 heteroatoms. The normalized spacial score (nSPS) is 37.2. The Kier molecular flexibility index (Phi) is 6.12. The maximum absolute atomic E-state index is 11.3. The summed E-state index contributed by atoms with van der Waals surface area (Å²) in [5, 5.41) is 41.5. The predicted octanol–water partition coefficient (Wildman–Crippen LogP) is 3.59. The number of aromatic hydroxyl groups is 1. The highest BCUT2D eigenvalue weighted by molar-refractivity contribution is 5.64. The molecule has 3 aliphatic rings. The predicted molar refractivity (Wildman–Crippen MR) is 118 cm³/mol. The van der Waals surface area contributed by atoms with E-state index in [2.05, 4.69) is 33.8 Å². The molecule has 6 nitrogen and oxygen atoms in total. The van der Waals surface area contributed by atoms with Crippen LogP contribution in [0.2, 0.25) is 0 Å². The van der Waals surface area contributed by atoms with Gasteiger partial charge in [0, 0.05) is 11.5 Å². The third-order valence-electron chi connectivity index (χ3n) is 7.48. The standard InChI is InChI=1S/C25H36O6/c1-11(2)8-15-9-13(4)16-7-6-12(3)18-20(16)19(15)14(5)24(22(18)28)31-25-23(29)21(27)17(26)10-30-25/h8,12-13,15-17,21,23,25-29H,6-7,9-10H2,1-5H3/t12-,13-,15+,16+,17?,21?,23?,25?/m0/s1. The first-order valence-corrected chi connectivity index (χ1v) is 11.5. The summed E-state index contributed by atoms with van der Waals surface area (Å²) in [6.07, 6.45) is 0.395. The van der Waals surface area contributed by atoms with Crippen LogP contribution in [0.15, 0.2) is 11.6 Å². The van der Waals surface area contributed by atoms with Crippen LogP contribution < -0.4 is 4.74 Å². The highest BCUT2D eigenvalue weighted by atomic mass is 16.7. The van der Waals surface area contributed by atoms with Gasteiger partial charge < -0.3 is 29.9 Å². The molecule has 0 spiro atoms. The van der Waals surface area contributed by atoms with Gasteiger partial charge in [-0.15, -0.1) is 0 Å². The zero-order valence-electron chi connectivity index (χ0n) is 19.1. The van der Waals surface area contributed by atoms with Crippen LogP contribution in [0.5, 0.6) is 11.5 Å². The fraction of sp³-hybridized carbons (Fsp3) is 0.680. The van der Waals surface area contributed by atoms with Crippen molar-refractivity contribution in [1.29, 1.82) is 0 Å². The average molecular weight is 433 g/mol. The summed E-state index contributed by atoms with van der Waals surface area (Å²) >= 11 is 0. The number of benzene rings is 1. The lowest BCUT2D eigenvalue weighted by molar-refractivity contribution is -0.242. The Hall–Kier alpha value is -1.60. The van der Waals surface area contributed by atoms with Gasteiger partial charge in [0.05, 0.1) is 6.61 Å². The Morgan fingerprint density at radius 3 is 2.42 bits per heavy atom. The Morgan fingerprint density at radius 2 is 1.74 bits per heavy atom. The molecule has 1 aromatic carbocycles. The van der Waals surface area contributed by atoms with Gasteiger partial charge in [-0.05, 0) is 74.5 Å². The molecule has 4 unspecified atom stereocenters. The molecule has 4 N–H and O–H groups in total. The number of phenolic OH excluding ortho intramolecular Hbond substituents is 1. The summed E-state index contributed by atoms with van der Waals surface area (Å²) < 4.78 is 11.5. The van der Waals surface area contributed by atoms with Crippen molar-refractivity contribution in [2.24, 2.45) is 5.92 Å². The highest BCUT2D eigenvalue weighted by Gasteiger charge is 2.43. The zero-order chi connectivity index (χ0) is 22.6. The van der Waals surface area contributed by atoms with Crippen LogP contribution in [0.4, 0.5) is 0 Å².